The van der Waals surface area contributed by atoms with Crippen LogP contribution in [-0.2, 0) is 0 Å². The maximum Gasteiger partial charge on any atom is 0.272 e. The van der Waals surface area contributed by atoms with Gasteiger partial charge in [0.25, 0.3) is 5.69 Å². The third kappa shape index (κ3) is 3.71. The van der Waals surface area contributed by atoms with E-state index >= 15 is 0 Å². The molecule has 1 rings (SSSR count). The SMILES string of the molecule is Cc1cc(NC(C)(C)CCO)ccc1[N+](=O)[O-]. The summed E-state index contributed by atoms with van der Waals surface area (Å²) in [6, 6.07) is 4.92. The molecule has 2 N–H and O–H groups in total. The molecular formula is C12H18N2O3. The van der Waals surface area contributed by atoms with Crippen LogP contribution in [0.1, 0.15) is 25.8 Å². The summed E-state index contributed by atoms with van der Waals surface area (Å²) in [4.78, 5) is 10.3. The van der Waals surface area contributed by atoms with Crippen molar-refractivity contribution in [3.63, 3.8) is 0 Å². The molecule has 0 aliphatic rings. The van der Waals surface area contributed by atoms with Gasteiger partial charge in [-0.25, -0.2) is 0 Å². The van der Waals surface area contributed by atoms with Crippen LogP contribution < -0.4 is 5.32 Å². The van der Waals surface area contributed by atoms with Gasteiger partial charge in [0.15, 0.2) is 0 Å². The fraction of sp³-hybridized carbons (Fsp3) is 0.500. The molecule has 0 unspecified atom stereocenters. The van der Waals surface area contributed by atoms with Gasteiger partial charge >= 0.3 is 0 Å². The van der Waals surface area contributed by atoms with E-state index < -0.39 is 4.92 Å². The number of anilines is 1. The fourth-order valence-corrected chi connectivity index (χ4v) is 1.67. The largest absolute Gasteiger partial charge is 0.396 e. The highest BCUT2D eigenvalue weighted by atomic mass is 16.6. The van der Waals surface area contributed by atoms with E-state index in [1.807, 2.05) is 13.8 Å². The van der Waals surface area contributed by atoms with Crippen LogP contribution in [-0.4, -0.2) is 22.2 Å². The molecule has 17 heavy (non-hydrogen) atoms. The molecule has 5 nitrogen and oxygen atoms in total. The summed E-state index contributed by atoms with van der Waals surface area (Å²) >= 11 is 0. The molecule has 0 fully saturated rings. The summed E-state index contributed by atoms with van der Waals surface area (Å²) in [5, 5.41) is 22.8. The Balaban J connectivity index is 2.88. The Morgan fingerprint density at radius 1 is 1.47 bits per heavy atom. The number of rotatable bonds is 5. The molecule has 0 bridgehead atoms. The predicted molar refractivity (Wildman–Crippen MR) is 67.2 cm³/mol. The van der Waals surface area contributed by atoms with Crippen LogP contribution in [0, 0.1) is 17.0 Å². The van der Waals surface area contributed by atoms with E-state index in [4.69, 9.17) is 5.11 Å². The Bertz CT molecular complexity index is 416. The Morgan fingerprint density at radius 3 is 2.59 bits per heavy atom. The lowest BCUT2D eigenvalue weighted by Crippen LogP contribution is -2.31. The van der Waals surface area contributed by atoms with Crippen LogP contribution in [0.4, 0.5) is 11.4 Å². The van der Waals surface area contributed by atoms with Gasteiger partial charge < -0.3 is 10.4 Å². The topological polar surface area (TPSA) is 75.4 Å². The van der Waals surface area contributed by atoms with Crippen molar-refractivity contribution >= 4 is 11.4 Å². The molecule has 1 aromatic carbocycles. The maximum absolute atomic E-state index is 10.7. The number of hydrogen-bond donors (Lipinski definition) is 2. The van der Waals surface area contributed by atoms with Crippen LogP contribution in [0.15, 0.2) is 18.2 Å². The molecule has 5 heteroatoms. The molecule has 0 aliphatic heterocycles. The first-order valence-corrected chi connectivity index (χ1v) is 5.50. The van der Waals surface area contributed by atoms with Gasteiger partial charge in [-0.2, -0.15) is 0 Å². The van der Waals surface area contributed by atoms with E-state index in [0.717, 1.165) is 5.69 Å². The molecular weight excluding hydrogens is 220 g/mol. The molecule has 0 atom stereocenters. The summed E-state index contributed by atoms with van der Waals surface area (Å²) < 4.78 is 0. The van der Waals surface area contributed by atoms with Gasteiger partial charge in [0.2, 0.25) is 0 Å². The van der Waals surface area contributed by atoms with Crippen molar-refractivity contribution in [1.29, 1.82) is 0 Å². The third-order valence-electron chi connectivity index (χ3n) is 2.61. The van der Waals surface area contributed by atoms with Gasteiger partial charge in [-0.1, -0.05) is 0 Å². The van der Waals surface area contributed by atoms with Crippen LogP contribution in [0.2, 0.25) is 0 Å². The number of nitrogens with zero attached hydrogens (tertiary/aromatic N) is 1. The molecule has 0 amide bonds. The van der Waals surface area contributed by atoms with Gasteiger partial charge in [-0.15, -0.1) is 0 Å². The minimum atomic E-state index is -0.391. The van der Waals surface area contributed by atoms with E-state index in [2.05, 4.69) is 5.32 Å². The van der Waals surface area contributed by atoms with E-state index in [1.54, 1.807) is 19.1 Å². The second kappa shape index (κ2) is 5.14. The summed E-state index contributed by atoms with van der Waals surface area (Å²) in [7, 11) is 0. The highest BCUT2D eigenvalue weighted by Crippen LogP contribution is 2.24. The summed E-state index contributed by atoms with van der Waals surface area (Å²) in [5.41, 5.74) is 1.33. The first-order chi connectivity index (χ1) is 7.85. The number of hydrogen-bond acceptors (Lipinski definition) is 4. The zero-order chi connectivity index (χ0) is 13.1. The van der Waals surface area contributed by atoms with Gasteiger partial charge in [-0.05, 0) is 39.3 Å². The molecule has 94 valence electrons. The number of benzene rings is 1. The van der Waals surface area contributed by atoms with Crippen molar-refractivity contribution in [2.75, 3.05) is 11.9 Å². The molecule has 0 aromatic heterocycles. The van der Waals surface area contributed by atoms with Crippen LogP contribution in [0.25, 0.3) is 0 Å². The first kappa shape index (κ1) is 13.4. The van der Waals surface area contributed by atoms with Gasteiger partial charge in [0.1, 0.15) is 0 Å². The first-order valence-electron chi connectivity index (χ1n) is 5.50. The zero-order valence-electron chi connectivity index (χ0n) is 10.4. The lowest BCUT2D eigenvalue weighted by atomic mass is 10.0. The fourth-order valence-electron chi connectivity index (χ4n) is 1.67. The van der Waals surface area contributed by atoms with Gasteiger partial charge in [0.05, 0.1) is 4.92 Å². The second-order valence-corrected chi connectivity index (χ2v) is 4.74. The van der Waals surface area contributed by atoms with Crippen LogP contribution in [0.5, 0.6) is 0 Å². The van der Waals surface area contributed by atoms with E-state index in [-0.39, 0.29) is 17.8 Å². The van der Waals surface area contributed by atoms with Gasteiger partial charge in [-0.3, -0.25) is 10.1 Å². The number of nitro groups is 1. The quantitative estimate of drug-likeness (QED) is 0.610. The van der Waals surface area contributed by atoms with Crippen molar-refractivity contribution in [2.24, 2.45) is 0 Å². The number of aliphatic hydroxyl groups is 1. The summed E-state index contributed by atoms with van der Waals surface area (Å²) in [6.45, 7) is 5.76. The highest BCUT2D eigenvalue weighted by molar-refractivity contribution is 5.54. The Kier molecular flexibility index (Phi) is 4.07. The molecule has 0 saturated carbocycles. The number of aliphatic hydroxyl groups excluding tert-OH is 1. The lowest BCUT2D eigenvalue weighted by molar-refractivity contribution is -0.385. The molecule has 0 aliphatic carbocycles. The van der Waals surface area contributed by atoms with Crippen molar-refractivity contribution in [3.8, 4) is 0 Å². The molecule has 0 radical (unpaired) electrons. The predicted octanol–water partition coefficient (Wildman–Crippen LogP) is 2.48. The van der Waals surface area contributed by atoms with Crippen molar-refractivity contribution < 1.29 is 10.0 Å². The summed E-state index contributed by atoms with van der Waals surface area (Å²) in [6.07, 6.45) is 0.614. The maximum atomic E-state index is 10.7. The molecule has 0 spiro atoms. The third-order valence-corrected chi connectivity index (χ3v) is 2.61. The van der Waals surface area contributed by atoms with Crippen molar-refractivity contribution in [3.05, 3.63) is 33.9 Å². The molecule has 0 heterocycles. The van der Waals surface area contributed by atoms with E-state index in [9.17, 15) is 10.1 Å². The Morgan fingerprint density at radius 2 is 2.12 bits per heavy atom. The monoisotopic (exact) mass is 238 g/mol. The zero-order valence-corrected chi connectivity index (χ0v) is 10.4. The Labute approximate surface area is 101 Å². The van der Waals surface area contributed by atoms with Gasteiger partial charge in [0, 0.05) is 29.5 Å². The average molecular weight is 238 g/mol. The number of aryl methyl sites for hydroxylation is 1. The molecule has 1 aromatic rings. The normalized spacial score (nSPS) is 11.3. The average Bonchev–Trinajstić information content (AvgIpc) is 2.15. The highest BCUT2D eigenvalue weighted by Gasteiger charge is 2.18. The second-order valence-electron chi connectivity index (χ2n) is 4.74. The van der Waals surface area contributed by atoms with Crippen molar-refractivity contribution in [2.45, 2.75) is 32.7 Å². The Hall–Kier alpha value is -1.62. The minimum Gasteiger partial charge on any atom is -0.396 e. The number of nitrogens with one attached hydrogen (secondary N) is 1. The van der Waals surface area contributed by atoms with E-state index in [1.165, 1.54) is 6.07 Å². The van der Waals surface area contributed by atoms with Crippen LogP contribution >= 0.6 is 0 Å². The molecule has 0 saturated heterocycles. The number of nitro benzene ring substituents is 1. The smallest absolute Gasteiger partial charge is 0.272 e. The standard InChI is InChI=1S/C12H18N2O3/c1-9-8-10(4-5-11(9)14(16)17)13-12(2,3)6-7-15/h4-5,8,13,15H,6-7H2,1-3H3. The van der Waals surface area contributed by atoms with Crippen molar-refractivity contribution in [1.82, 2.24) is 0 Å². The van der Waals surface area contributed by atoms with E-state index in [0.29, 0.717) is 12.0 Å². The summed E-state index contributed by atoms with van der Waals surface area (Å²) in [5.74, 6) is 0. The lowest BCUT2D eigenvalue weighted by Gasteiger charge is -2.26. The van der Waals surface area contributed by atoms with Crippen LogP contribution in [0.3, 0.4) is 0 Å². The minimum absolute atomic E-state index is 0.103.